The van der Waals surface area contributed by atoms with Crippen LogP contribution in [-0.2, 0) is 24.1 Å². The van der Waals surface area contributed by atoms with E-state index in [1.165, 1.54) is 21.5 Å². The highest BCUT2D eigenvalue weighted by atomic mass is 32.2. The predicted molar refractivity (Wildman–Crippen MR) is 137 cm³/mol. The van der Waals surface area contributed by atoms with Gasteiger partial charge in [0.15, 0.2) is 11.0 Å². The van der Waals surface area contributed by atoms with Crippen molar-refractivity contribution in [1.29, 1.82) is 5.26 Å². The number of aromatic nitrogens is 3. The monoisotopic (exact) mass is 499 g/mol. The molecule has 1 aliphatic carbocycles. The van der Waals surface area contributed by atoms with E-state index in [-0.39, 0.29) is 17.7 Å². The van der Waals surface area contributed by atoms with Gasteiger partial charge in [0.05, 0.1) is 11.3 Å². The molecular formula is C24H29N5OS3. The van der Waals surface area contributed by atoms with Gasteiger partial charge < -0.3 is 5.32 Å². The van der Waals surface area contributed by atoms with Crippen LogP contribution in [0, 0.1) is 17.2 Å². The van der Waals surface area contributed by atoms with E-state index in [0.717, 1.165) is 54.2 Å². The van der Waals surface area contributed by atoms with Crippen molar-refractivity contribution in [3.8, 4) is 17.5 Å². The van der Waals surface area contributed by atoms with Gasteiger partial charge in [-0.25, -0.2) is 0 Å². The fourth-order valence-corrected chi connectivity index (χ4v) is 7.23. The number of carbonyl (C=O) groups is 1. The van der Waals surface area contributed by atoms with Crippen molar-refractivity contribution in [2.75, 3.05) is 11.1 Å². The maximum atomic E-state index is 12.8. The van der Waals surface area contributed by atoms with E-state index in [1.807, 2.05) is 0 Å². The molecule has 3 aromatic heterocycles. The number of fused-ring (bicyclic) bond motifs is 1. The highest BCUT2D eigenvalue weighted by Crippen LogP contribution is 2.40. The first-order chi connectivity index (χ1) is 15.9. The maximum Gasteiger partial charge on any atom is 0.235 e. The summed E-state index contributed by atoms with van der Waals surface area (Å²) in [5, 5.41) is 25.1. The third-order valence-electron chi connectivity index (χ3n) is 6.08. The number of thiophene rings is 2. The first kappa shape index (κ1) is 24.0. The minimum Gasteiger partial charge on any atom is -0.316 e. The van der Waals surface area contributed by atoms with E-state index in [1.54, 1.807) is 22.7 Å². The average molecular weight is 500 g/mol. The number of aryl methyl sites for hydroxylation is 1. The van der Waals surface area contributed by atoms with Gasteiger partial charge in [-0.15, -0.1) is 32.9 Å². The molecule has 0 fully saturated rings. The van der Waals surface area contributed by atoms with Crippen molar-refractivity contribution in [2.45, 2.75) is 71.0 Å². The molecule has 9 heteroatoms. The minimum absolute atomic E-state index is 0.120. The van der Waals surface area contributed by atoms with Crippen LogP contribution in [0.2, 0.25) is 0 Å². The van der Waals surface area contributed by atoms with E-state index in [2.05, 4.69) is 65.3 Å². The quantitative estimate of drug-likeness (QED) is 0.366. The molecule has 1 unspecified atom stereocenters. The van der Waals surface area contributed by atoms with Gasteiger partial charge >= 0.3 is 0 Å². The summed E-state index contributed by atoms with van der Waals surface area (Å²) in [6, 6.07) is 4.67. The molecule has 3 aromatic rings. The number of anilines is 1. The van der Waals surface area contributed by atoms with Gasteiger partial charge in [0.25, 0.3) is 0 Å². The molecule has 3 heterocycles. The summed E-state index contributed by atoms with van der Waals surface area (Å²) in [4.78, 5) is 15.4. The van der Waals surface area contributed by atoms with E-state index in [9.17, 15) is 10.1 Å². The summed E-state index contributed by atoms with van der Waals surface area (Å²) in [5.74, 6) is 1.62. The summed E-state index contributed by atoms with van der Waals surface area (Å²) in [5.41, 5.74) is 2.86. The molecule has 1 atom stereocenters. The number of nitrogens with one attached hydrogen (secondary N) is 1. The number of hydrogen-bond acceptors (Lipinski definition) is 7. The molecule has 174 valence electrons. The Labute approximate surface area is 207 Å². The summed E-state index contributed by atoms with van der Waals surface area (Å²) >= 11 is 4.69. The van der Waals surface area contributed by atoms with Crippen LogP contribution in [0.25, 0.3) is 11.4 Å². The molecule has 0 radical (unpaired) electrons. The first-order valence-corrected chi connectivity index (χ1v) is 14.1. The van der Waals surface area contributed by atoms with Gasteiger partial charge in [-0.05, 0) is 57.1 Å². The fourth-order valence-electron chi connectivity index (χ4n) is 4.22. The van der Waals surface area contributed by atoms with Gasteiger partial charge in [-0.1, -0.05) is 32.0 Å². The van der Waals surface area contributed by atoms with Gasteiger partial charge in [0.1, 0.15) is 11.1 Å². The Morgan fingerprint density at radius 1 is 1.39 bits per heavy atom. The lowest BCUT2D eigenvalue weighted by Crippen LogP contribution is -2.15. The standard InChI is InChI=1S/C24H29N5OS3/c1-5-15-7-8-18-19(11-25)23(33-20(18)9-15)26-21(30)13-32-24-28-27-22(29(24)14(3)4)16-10-17(6-2)31-12-16/h10,12,14-15H,5-9,13H2,1-4H3,(H,26,30). The van der Waals surface area contributed by atoms with Crippen molar-refractivity contribution in [3.05, 3.63) is 32.3 Å². The molecular weight excluding hydrogens is 470 g/mol. The molecule has 33 heavy (non-hydrogen) atoms. The van der Waals surface area contributed by atoms with Crippen molar-refractivity contribution in [2.24, 2.45) is 5.92 Å². The maximum absolute atomic E-state index is 12.8. The Morgan fingerprint density at radius 3 is 2.88 bits per heavy atom. The van der Waals surface area contributed by atoms with Gasteiger partial charge in [-0.2, -0.15) is 5.26 Å². The number of amides is 1. The lowest BCUT2D eigenvalue weighted by atomic mass is 9.86. The molecule has 6 nitrogen and oxygen atoms in total. The van der Waals surface area contributed by atoms with Crippen LogP contribution in [0.1, 0.15) is 67.5 Å². The van der Waals surface area contributed by atoms with Crippen molar-refractivity contribution >= 4 is 45.3 Å². The summed E-state index contributed by atoms with van der Waals surface area (Å²) in [6.45, 7) is 8.56. The molecule has 0 bridgehead atoms. The number of nitrogens with zero attached hydrogens (tertiary/aromatic N) is 4. The van der Waals surface area contributed by atoms with Crippen LogP contribution in [0.4, 0.5) is 5.00 Å². The van der Waals surface area contributed by atoms with E-state index < -0.39 is 0 Å². The molecule has 4 rings (SSSR count). The number of thioether (sulfide) groups is 1. The lowest BCUT2D eigenvalue weighted by Gasteiger charge is -2.20. The zero-order valence-corrected chi connectivity index (χ0v) is 21.9. The Balaban J connectivity index is 1.47. The molecule has 0 aliphatic heterocycles. The first-order valence-electron chi connectivity index (χ1n) is 11.4. The van der Waals surface area contributed by atoms with E-state index >= 15 is 0 Å². The largest absolute Gasteiger partial charge is 0.316 e. The number of carbonyl (C=O) groups excluding carboxylic acids is 1. The molecule has 0 spiro atoms. The normalized spacial score (nSPS) is 15.5. The highest BCUT2D eigenvalue weighted by Gasteiger charge is 2.26. The Morgan fingerprint density at radius 2 is 2.21 bits per heavy atom. The second kappa shape index (κ2) is 10.4. The van der Waals surface area contributed by atoms with E-state index in [4.69, 9.17) is 0 Å². The van der Waals surface area contributed by atoms with Crippen LogP contribution in [0.3, 0.4) is 0 Å². The van der Waals surface area contributed by atoms with Crippen molar-refractivity contribution in [1.82, 2.24) is 14.8 Å². The van der Waals surface area contributed by atoms with Gasteiger partial charge in [0, 0.05) is 26.7 Å². The van der Waals surface area contributed by atoms with Crippen LogP contribution < -0.4 is 5.32 Å². The van der Waals surface area contributed by atoms with Crippen molar-refractivity contribution < 1.29 is 4.79 Å². The smallest absolute Gasteiger partial charge is 0.235 e. The molecule has 1 aliphatic rings. The van der Waals surface area contributed by atoms with Crippen LogP contribution in [-0.4, -0.2) is 26.4 Å². The second-order valence-corrected chi connectivity index (χ2v) is 11.6. The van der Waals surface area contributed by atoms with Gasteiger partial charge in [-0.3, -0.25) is 9.36 Å². The number of nitriles is 1. The zero-order valence-electron chi connectivity index (χ0n) is 19.5. The molecule has 1 N–H and O–H groups in total. The topological polar surface area (TPSA) is 83.6 Å². The molecule has 0 aromatic carbocycles. The SMILES string of the molecule is CCc1cc(-c2nnc(SCC(=O)Nc3sc4c(c3C#N)CCC(CC)C4)n2C(C)C)cs1. The molecule has 0 saturated carbocycles. The minimum atomic E-state index is -0.120. The average Bonchev–Trinajstić information content (AvgIpc) is 3.52. The van der Waals surface area contributed by atoms with Crippen molar-refractivity contribution in [3.63, 3.8) is 0 Å². The summed E-state index contributed by atoms with van der Waals surface area (Å²) in [6.07, 6.45) is 5.22. The number of hydrogen-bond donors (Lipinski definition) is 1. The van der Waals surface area contributed by atoms with E-state index in [0.29, 0.717) is 16.5 Å². The van der Waals surface area contributed by atoms with Crippen LogP contribution in [0.5, 0.6) is 0 Å². The molecule has 1 amide bonds. The number of rotatable bonds is 8. The lowest BCUT2D eigenvalue weighted by molar-refractivity contribution is -0.113. The summed E-state index contributed by atoms with van der Waals surface area (Å²) < 4.78 is 2.09. The third kappa shape index (κ3) is 5.03. The predicted octanol–water partition coefficient (Wildman–Crippen LogP) is 6.33. The molecule has 0 saturated heterocycles. The fraction of sp³-hybridized carbons (Fsp3) is 0.500. The Bertz CT molecular complexity index is 1180. The second-order valence-electron chi connectivity index (χ2n) is 8.60. The zero-order chi connectivity index (χ0) is 23.5. The summed E-state index contributed by atoms with van der Waals surface area (Å²) in [7, 11) is 0. The highest BCUT2D eigenvalue weighted by molar-refractivity contribution is 7.99. The van der Waals surface area contributed by atoms with Gasteiger partial charge in [0.2, 0.25) is 5.91 Å². The third-order valence-corrected chi connectivity index (χ3v) is 9.28. The van der Waals surface area contributed by atoms with Crippen LogP contribution in [0.15, 0.2) is 16.6 Å². The Hall–Kier alpha value is -2.15. The Kier molecular flexibility index (Phi) is 7.57. The van der Waals surface area contributed by atoms with Crippen LogP contribution >= 0.6 is 34.4 Å².